The van der Waals surface area contributed by atoms with Gasteiger partial charge >= 0.3 is 0 Å². The van der Waals surface area contributed by atoms with E-state index in [1.165, 1.54) is 27.8 Å². The van der Waals surface area contributed by atoms with Crippen LogP contribution in [0.15, 0.2) is 60.7 Å². The Labute approximate surface area is 290 Å². The average Bonchev–Trinajstić information content (AvgIpc) is 3.13. The molecule has 2 heterocycles. The smallest absolute Gasteiger partial charge is 0.204 e. The predicted octanol–water partition coefficient (Wildman–Crippen LogP) is 7.07. The van der Waals surface area contributed by atoms with E-state index in [-0.39, 0.29) is 12.1 Å². The summed E-state index contributed by atoms with van der Waals surface area (Å²) in [6.45, 7) is 1.91. The summed E-state index contributed by atoms with van der Waals surface area (Å²) in [4.78, 5) is 4.80. The van der Waals surface area contributed by atoms with Crippen LogP contribution in [0.2, 0.25) is 0 Å². The molecule has 4 aromatic rings. The summed E-state index contributed by atoms with van der Waals surface area (Å²) in [6, 6.07) is 21.2. The quantitative estimate of drug-likeness (QED) is 0.158. The van der Waals surface area contributed by atoms with Crippen molar-refractivity contribution in [2.24, 2.45) is 0 Å². The molecule has 2 unspecified atom stereocenters. The summed E-state index contributed by atoms with van der Waals surface area (Å²) >= 11 is 0. The lowest BCUT2D eigenvalue weighted by Gasteiger charge is -2.35. The second kappa shape index (κ2) is 14.9. The lowest BCUT2D eigenvalue weighted by atomic mass is 9.88. The molecule has 0 N–H and O–H groups in total. The zero-order chi connectivity index (χ0) is 34.7. The van der Waals surface area contributed by atoms with Gasteiger partial charge in [-0.2, -0.15) is 0 Å². The van der Waals surface area contributed by atoms with Gasteiger partial charge in [0, 0.05) is 30.7 Å². The second-order valence-electron chi connectivity index (χ2n) is 12.7. The molecule has 0 amide bonds. The van der Waals surface area contributed by atoms with Gasteiger partial charge in [0.05, 0.1) is 42.7 Å². The maximum absolute atomic E-state index is 6.69. The summed E-state index contributed by atoms with van der Waals surface area (Å²) in [5.74, 6) is 5.58. The predicted molar refractivity (Wildman–Crippen MR) is 191 cm³/mol. The Kier molecular flexibility index (Phi) is 10.4. The number of benzene rings is 4. The zero-order valence-electron chi connectivity index (χ0n) is 29.9. The van der Waals surface area contributed by atoms with Crippen molar-refractivity contribution in [3.8, 4) is 46.0 Å². The molecule has 4 aromatic carbocycles. The SMILES string of the molecule is COc1cc2c(cc1OC)C(Cc1ccc(Oc3c(CC4c5cc(OC)c(OC)cc5CCN4C)ccc(OC)c3OC)cc1)N(C)CC2. The number of hydrogen-bond donors (Lipinski definition) is 0. The molecule has 0 bridgehead atoms. The second-order valence-corrected chi connectivity index (χ2v) is 12.7. The minimum atomic E-state index is 0.0975. The van der Waals surface area contributed by atoms with Gasteiger partial charge in [-0.05, 0) is 110 Å². The number of methoxy groups -OCH3 is 6. The highest BCUT2D eigenvalue weighted by Crippen LogP contribution is 2.46. The fourth-order valence-corrected chi connectivity index (χ4v) is 7.29. The third-order valence-electron chi connectivity index (χ3n) is 10.1. The summed E-state index contributed by atoms with van der Waals surface area (Å²) in [7, 11) is 14.4. The van der Waals surface area contributed by atoms with E-state index in [1.54, 1.807) is 42.7 Å². The fraction of sp³-hybridized carbons (Fsp3) is 0.400. The monoisotopic (exact) mass is 668 g/mol. The number of ether oxygens (including phenoxy) is 7. The molecular weight excluding hydrogens is 620 g/mol. The van der Waals surface area contributed by atoms with E-state index in [0.29, 0.717) is 23.7 Å². The Balaban J connectivity index is 1.28. The lowest BCUT2D eigenvalue weighted by molar-refractivity contribution is 0.226. The molecular formula is C40H48N2O7. The summed E-state index contributed by atoms with van der Waals surface area (Å²) < 4.78 is 40.8. The first-order valence-corrected chi connectivity index (χ1v) is 16.7. The van der Waals surface area contributed by atoms with Gasteiger partial charge in [-0.15, -0.1) is 0 Å². The maximum atomic E-state index is 6.69. The van der Waals surface area contributed by atoms with Crippen LogP contribution in [-0.4, -0.2) is 79.6 Å². The maximum Gasteiger partial charge on any atom is 0.204 e. The van der Waals surface area contributed by atoms with Gasteiger partial charge in [0.15, 0.2) is 34.5 Å². The molecule has 0 aromatic heterocycles. The van der Waals surface area contributed by atoms with Gasteiger partial charge in [0.1, 0.15) is 5.75 Å². The molecule has 0 fully saturated rings. The Morgan fingerprint density at radius 2 is 1.02 bits per heavy atom. The van der Waals surface area contributed by atoms with E-state index >= 15 is 0 Å². The molecule has 0 saturated carbocycles. The van der Waals surface area contributed by atoms with Crippen LogP contribution in [0.4, 0.5) is 0 Å². The first kappa shape index (κ1) is 34.3. The molecule has 2 aliphatic rings. The molecule has 49 heavy (non-hydrogen) atoms. The van der Waals surface area contributed by atoms with Gasteiger partial charge in [-0.1, -0.05) is 18.2 Å². The highest BCUT2D eigenvalue weighted by molar-refractivity contribution is 5.58. The first-order valence-electron chi connectivity index (χ1n) is 16.7. The van der Waals surface area contributed by atoms with Gasteiger partial charge in [0.25, 0.3) is 0 Å². The van der Waals surface area contributed by atoms with E-state index in [4.69, 9.17) is 33.2 Å². The van der Waals surface area contributed by atoms with E-state index in [1.807, 2.05) is 18.2 Å². The minimum absolute atomic E-state index is 0.0975. The van der Waals surface area contributed by atoms with Gasteiger partial charge < -0.3 is 33.2 Å². The molecule has 0 spiro atoms. The topological polar surface area (TPSA) is 71.1 Å². The summed E-state index contributed by atoms with van der Waals surface area (Å²) in [5, 5.41) is 0. The Morgan fingerprint density at radius 1 is 0.531 bits per heavy atom. The van der Waals surface area contributed by atoms with Crippen molar-refractivity contribution >= 4 is 0 Å². The Morgan fingerprint density at radius 3 is 1.51 bits per heavy atom. The number of likely N-dealkylation sites (N-methyl/N-ethyl adjacent to an activating group) is 2. The molecule has 2 aliphatic heterocycles. The normalized spacial score (nSPS) is 17.5. The molecule has 260 valence electrons. The number of nitrogens with zero attached hydrogens (tertiary/aromatic N) is 2. The van der Waals surface area contributed by atoms with Crippen molar-refractivity contribution in [2.75, 3.05) is 69.8 Å². The molecule has 0 radical (unpaired) electrons. The molecule has 6 rings (SSSR count). The van der Waals surface area contributed by atoms with Crippen LogP contribution in [-0.2, 0) is 25.7 Å². The standard InChI is InChI=1S/C40H48N2O7/c1-41-17-15-26-21-35(44-4)37(46-6)23-30(26)32(41)19-25-9-12-29(13-10-25)49-39-28(11-14-34(43-3)40(39)48-8)20-33-31-24-38(47-7)36(45-5)22-27(31)16-18-42(33)2/h9-14,21-24,32-33H,15-20H2,1-8H3. The van der Waals surface area contributed by atoms with Crippen molar-refractivity contribution in [3.63, 3.8) is 0 Å². The number of hydrogen-bond acceptors (Lipinski definition) is 9. The van der Waals surface area contributed by atoms with Crippen molar-refractivity contribution in [1.82, 2.24) is 9.80 Å². The Bertz CT molecular complexity index is 1770. The third kappa shape index (κ3) is 6.82. The zero-order valence-corrected chi connectivity index (χ0v) is 29.9. The van der Waals surface area contributed by atoms with E-state index in [0.717, 1.165) is 66.7 Å². The number of fused-ring (bicyclic) bond motifs is 2. The van der Waals surface area contributed by atoms with E-state index in [9.17, 15) is 0 Å². The molecule has 9 heteroatoms. The van der Waals surface area contributed by atoms with Crippen molar-refractivity contribution in [2.45, 2.75) is 37.8 Å². The lowest BCUT2D eigenvalue weighted by Crippen LogP contribution is -2.33. The van der Waals surface area contributed by atoms with Crippen molar-refractivity contribution in [3.05, 3.63) is 94.0 Å². The highest BCUT2D eigenvalue weighted by atomic mass is 16.5. The molecule has 0 aliphatic carbocycles. The van der Waals surface area contributed by atoms with Crippen LogP contribution in [0.5, 0.6) is 46.0 Å². The third-order valence-corrected chi connectivity index (χ3v) is 10.1. The van der Waals surface area contributed by atoms with Crippen LogP contribution in [0.1, 0.15) is 45.5 Å². The van der Waals surface area contributed by atoms with Gasteiger partial charge in [-0.25, -0.2) is 0 Å². The van der Waals surface area contributed by atoms with Crippen LogP contribution in [0, 0.1) is 0 Å². The minimum Gasteiger partial charge on any atom is -0.493 e. The van der Waals surface area contributed by atoms with Gasteiger partial charge in [0.2, 0.25) is 5.75 Å². The first-order chi connectivity index (χ1) is 23.8. The molecule has 2 atom stereocenters. The van der Waals surface area contributed by atoms with Crippen LogP contribution >= 0.6 is 0 Å². The molecule has 9 nitrogen and oxygen atoms in total. The van der Waals surface area contributed by atoms with Crippen LogP contribution in [0.3, 0.4) is 0 Å². The van der Waals surface area contributed by atoms with Gasteiger partial charge in [-0.3, -0.25) is 9.80 Å². The fourth-order valence-electron chi connectivity index (χ4n) is 7.29. The summed E-state index contributed by atoms with van der Waals surface area (Å²) in [6.07, 6.45) is 3.47. The average molecular weight is 669 g/mol. The largest absolute Gasteiger partial charge is 0.493 e. The van der Waals surface area contributed by atoms with E-state index in [2.05, 4.69) is 66.4 Å². The molecule has 0 saturated heterocycles. The Hall–Kier alpha value is -4.60. The van der Waals surface area contributed by atoms with Crippen molar-refractivity contribution < 1.29 is 33.2 Å². The van der Waals surface area contributed by atoms with Crippen LogP contribution in [0.25, 0.3) is 0 Å². The summed E-state index contributed by atoms with van der Waals surface area (Å²) in [5.41, 5.74) is 7.32. The van der Waals surface area contributed by atoms with Crippen molar-refractivity contribution in [1.29, 1.82) is 0 Å². The highest BCUT2D eigenvalue weighted by Gasteiger charge is 2.30. The van der Waals surface area contributed by atoms with E-state index < -0.39 is 0 Å². The van der Waals surface area contributed by atoms with Crippen LogP contribution < -0.4 is 33.2 Å². The number of rotatable bonds is 12.